The number of nitriles is 1. The van der Waals surface area contributed by atoms with Gasteiger partial charge in [0.25, 0.3) is 5.91 Å². The fraction of sp³-hybridized carbons (Fsp3) is 0.200. The first-order valence-corrected chi connectivity index (χ1v) is 12.8. The molecule has 1 saturated heterocycles. The molecular formula is C30H27Cl2N3O2. The number of para-hydroxylation sites is 1. The lowest BCUT2D eigenvalue weighted by molar-refractivity contribution is -0.126. The predicted octanol–water partition coefficient (Wildman–Crippen LogP) is 6.56. The van der Waals surface area contributed by atoms with Crippen molar-refractivity contribution >= 4 is 40.9 Å². The van der Waals surface area contributed by atoms with Gasteiger partial charge in [-0.3, -0.25) is 4.79 Å². The summed E-state index contributed by atoms with van der Waals surface area (Å²) >= 11 is 12.1. The van der Waals surface area contributed by atoms with Gasteiger partial charge in [0, 0.05) is 31.9 Å². The molecule has 0 aromatic heterocycles. The van der Waals surface area contributed by atoms with Gasteiger partial charge in [-0.2, -0.15) is 5.26 Å². The first-order valence-electron chi connectivity index (χ1n) is 12.0. The lowest BCUT2D eigenvalue weighted by atomic mass is 10.0. The average Bonchev–Trinajstić information content (AvgIpc) is 2.93. The summed E-state index contributed by atoms with van der Waals surface area (Å²) in [6.07, 6.45) is 4.01. The number of carbonyl (C=O) groups excluding carboxylic acids is 1. The molecule has 0 atom stereocenters. The van der Waals surface area contributed by atoms with E-state index in [4.69, 9.17) is 27.9 Å². The minimum absolute atomic E-state index is 0.113. The number of rotatable bonds is 8. The van der Waals surface area contributed by atoms with Gasteiger partial charge in [-0.1, -0.05) is 59.6 Å². The molecule has 37 heavy (non-hydrogen) atoms. The van der Waals surface area contributed by atoms with E-state index < -0.39 is 0 Å². The summed E-state index contributed by atoms with van der Waals surface area (Å²) in [4.78, 5) is 17.1. The Labute approximate surface area is 227 Å². The van der Waals surface area contributed by atoms with Crippen molar-refractivity contribution in [2.75, 3.05) is 31.1 Å². The molecule has 0 radical (unpaired) electrons. The second-order valence-electron chi connectivity index (χ2n) is 8.68. The van der Waals surface area contributed by atoms with Crippen LogP contribution in [-0.4, -0.2) is 37.0 Å². The second kappa shape index (κ2) is 12.5. The van der Waals surface area contributed by atoms with E-state index in [1.54, 1.807) is 29.2 Å². The van der Waals surface area contributed by atoms with Gasteiger partial charge in [0.2, 0.25) is 0 Å². The third kappa shape index (κ3) is 6.74. The van der Waals surface area contributed by atoms with Crippen molar-refractivity contribution < 1.29 is 9.53 Å². The number of hydrogen-bond donors (Lipinski definition) is 0. The van der Waals surface area contributed by atoms with Crippen molar-refractivity contribution in [3.05, 3.63) is 112 Å². The highest BCUT2D eigenvalue weighted by molar-refractivity contribution is 6.42. The third-order valence-electron chi connectivity index (χ3n) is 6.18. The zero-order valence-electron chi connectivity index (χ0n) is 20.4. The molecule has 0 saturated carbocycles. The molecule has 5 nitrogen and oxygen atoms in total. The van der Waals surface area contributed by atoms with E-state index in [0.717, 1.165) is 35.5 Å². The Balaban J connectivity index is 1.45. The van der Waals surface area contributed by atoms with Crippen LogP contribution in [0.25, 0.3) is 6.08 Å². The van der Waals surface area contributed by atoms with Crippen LogP contribution in [0.15, 0.2) is 85.0 Å². The molecule has 1 fully saturated rings. The molecular weight excluding hydrogens is 505 g/mol. The maximum absolute atomic E-state index is 13.1. The van der Waals surface area contributed by atoms with E-state index in [1.165, 1.54) is 0 Å². The zero-order chi connectivity index (χ0) is 26.2. The summed E-state index contributed by atoms with van der Waals surface area (Å²) in [5, 5.41) is 10.7. The van der Waals surface area contributed by atoms with Gasteiger partial charge < -0.3 is 14.5 Å². The summed E-state index contributed by atoms with van der Waals surface area (Å²) < 4.78 is 6.03. The zero-order valence-corrected chi connectivity index (χ0v) is 21.9. The average molecular weight is 532 g/mol. The Hall–Kier alpha value is -3.72. The molecule has 0 unspecified atom stereocenters. The lowest BCUT2D eigenvalue weighted by Crippen LogP contribution is -2.49. The van der Waals surface area contributed by atoms with Gasteiger partial charge in [0.15, 0.2) is 0 Å². The van der Waals surface area contributed by atoms with Crippen LogP contribution >= 0.6 is 23.2 Å². The molecule has 3 aromatic carbocycles. The van der Waals surface area contributed by atoms with Crippen LogP contribution < -0.4 is 9.64 Å². The molecule has 0 bridgehead atoms. The number of piperazine rings is 1. The summed E-state index contributed by atoms with van der Waals surface area (Å²) in [7, 11) is 0. The van der Waals surface area contributed by atoms with Crippen LogP contribution in [0.1, 0.15) is 16.7 Å². The maximum atomic E-state index is 13.1. The van der Waals surface area contributed by atoms with Gasteiger partial charge in [-0.15, -0.1) is 6.58 Å². The van der Waals surface area contributed by atoms with E-state index in [0.29, 0.717) is 41.9 Å². The Kier molecular flexibility index (Phi) is 8.90. The number of benzene rings is 3. The van der Waals surface area contributed by atoms with Crippen LogP contribution in [0.5, 0.6) is 5.75 Å². The molecule has 1 aliphatic heterocycles. The molecule has 1 heterocycles. The highest BCUT2D eigenvalue weighted by Gasteiger charge is 2.24. The summed E-state index contributed by atoms with van der Waals surface area (Å²) in [6.45, 7) is 6.75. The first kappa shape index (κ1) is 26.3. The van der Waals surface area contributed by atoms with Crippen LogP contribution in [0, 0.1) is 11.3 Å². The van der Waals surface area contributed by atoms with Crippen molar-refractivity contribution in [3.63, 3.8) is 0 Å². The standard InChI is InChI=1S/C30H27Cl2N3O2/c1-2-6-24-17-22(10-12-29(24)37-21-23-9-11-27(31)28(32)19-23)18-25(20-33)30(36)35-15-13-34(14-16-35)26-7-4-3-5-8-26/h2-5,7-12,17-19H,1,6,13-16,21H2/b25-18-. The van der Waals surface area contributed by atoms with Gasteiger partial charge in [-0.05, 0) is 65.6 Å². The first-order chi connectivity index (χ1) is 18.0. The number of nitrogens with zero attached hydrogens (tertiary/aromatic N) is 3. The topological polar surface area (TPSA) is 56.6 Å². The Bertz CT molecular complexity index is 1340. The molecule has 1 amide bonds. The van der Waals surface area contributed by atoms with Crippen LogP contribution in [-0.2, 0) is 17.8 Å². The summed E-state index contributed by atoms with van der Waals surface area (Å²) in [6, 6.07) is 23.2. The molecule has 7 heteroatoms. The smallest absolute Gasteiger partial charge is 0.264 e. The Morgan fingerprint density at radius 3 is 2.43 bits per heavy atom. The third-order valence-corrected chi connectivity index (χ3v) is 6.92. The van der Waals surface area contributed by atoms with Crippen molar-refractivity contribution in [1.29, 1.82) is 5.26 Å². The van der Waals surface area contributed by atoms with Gasteiger partial charge in [0.1, 0.15) is 24.0 Å². The number of anilines is 1. The molecule has 188 valence electrons. The Morgan fingerprint density at radius 2 is 1.76 bits per heavy atom. The number of ether oxygens (including phenoxy) is 1. The highest BCUT2D eigenvalue weighted by Crippen LogP contribution is 2.26. The summed E-state index contributed by atoms with van der Waals surface area (Å²) in [5.41, 5.74) is 3.81. The number of hydrogen-bond acceptors (Lipinski definition) is 4. The van der Waals surface area contributed by atoms with Crippen LogP contribution in [0.2, 0.25) is 10.0 Å². The number of amides is 1. The fourth-order valence-electron chi connectivity index (χ4n) is 4.22. The molecule has 0 spiro atoms. The number of carbonyl (C=O) groups is 1. The van der Waals surface area contributed by atoms with Crippen molar-refractivity contribution in [2.24, 2.45) is 0 Å². The van der Waals surface area contributed by atoms with Gasteiger partial charge >= 0.3 is 0 Å². The van der Waals surface area contributed by atoms with E-state index in [-0.39, 0.29) is 11.5 Å². The van der Waals surface area contributed by atoms with Crippen LogP contribution in [0.3, 0.4) is 0 Å². The number of halogens is 2. The lowest BCUT2D eigenvalue weighted by Gasteiger charge is -2.36. The minimum Gasteiger partial charge on any atom is -0.489 e. The van der Waals surface area contributed by atoms with Crippen LogP contribution in [0.4, 0.5) is 5.69 Å². The molecule has 0 aliphatic carbocycles. The van der Waals surface area contributed by atoms with Crippen molar-refractivity contribution in [3.8, 4) is 11.8 Å². The molecule has 1 aliphatic rings. The fourth-order valence-corrected chi connectivity index (χ4v) is 4.54. The largest absolute Gasteiger partial charge is 0.489 e. The highest BCUT2D eigenvalue weighted by atomic mass is 35.5. The normalized spacial score (nSPS) is 13.7. The van der Waals surface area contributed by atoms with Crippen molar-refractivity contribution in [1.82, 2.24) is 4.90 Å². The van der Waals surface area contributed by atoms with E-state index in [9.17, 15) is 10.1 Å². The van der Waals surface area contributed by atoms with Crippen molar-refractivity contribution in [2.45, 2.75) is 13.0 Å². The Morgan fingerprint density at radius 1 is 1.00 bits per heavy atom. The monoisotopic (exact) mass is 531 g/mol. The molecule has 0 N–H and O–H groups in total. The SMILES string of the molecule is C=CCc1cc(/C=C(/C#N)C(=O)N2CCN(c3ccccc3)CC2)ccc1OCc1ccc(Cl)c(Cl)c1. The molecule has 4 rings (SSSR count). The van der Waals surface area contributed by atoms with Gasteiger partial charge in [0.05, 0.1) is 10.0 Å². The maximum Gasteiger partial charge on any atom is 0.264 e. The quantitative estimate of drug-likeness (QED) is 0.187. The number of allylic oxidation sites excluding steroid dienone is 1. The minimum atomic E-state index is -0.250. The van der Waals surface area contributed by atoms with E-state index in [2.05, 4.69) is 29.7 Å². The molecule has 3 aromatic rings. The summed E-state index contributed by atoms with van der Waals surface area (Å²) in [5.74, 6) is 0.449. The predicted molar refractivity (Wildman–Crippen MR) is 150 cm³/mol. The second-order valence-corrected chi connectivity index (χ2v) is 9.50. The van der Waals surface area contributed by atoms with E-state index >= 15 is 0 Å². The van der Waals surface area contributed by atoms with E-state index in [1.807, 2.05) is 42.5 Å². The van der Waals surface area contributed by atoms with Gasteiger partial charge in [-0.25, -0.2) is 0 Å².